The molecular weight excluding hydrogens is 412 g/mol. The van der Waals surface area contributed by atoms with Gasteiger partial charge < -0.3 is 20.3 Å². The lowest BCUT2D eigenvalue weighted by atomic mass is 9.87. The van der Waals surface area contributed by atoms with Crippen molar-refractivity contribution in [2.75, 3.05) is 0 Å². The van der Waals surface area contributed by atoms with E-state index in [-0.39, 0.29) is 13.0 Å². The number of nitrogens with two attached hydrogens (primary N) is 1. The molecule has 0 aliphatic heterocycles. The van der Waals surface area contributed by atoms with Crippen LogP contribution in [0.15, 0.2) is 18.2 Å². The number of hydrogen-bond acceptors (Lipinski definition) is 5. The molecule has 0 saturated heterocycles. The Bertz CT molecular complexity index is 809. The minimum Gasteiger partial charge on any atom is -0.479 e. The fraction of sp³-hybridized carbons (Fsp3) is 0.579. The highest BCUT2D eigenvalue weighted by Crippen LogP contribution is 2.67. The number of fused-ring (bicyclic) bond motifs is 1. The molecule has 9 heteroatoms. The molecule has 2 aliphatic rings. The molecule has 2 unspecified atom stereocenters. The first-order valence-corrected chi connectivity index (χ1v) is 9.80. The number of carbonyl (C=O) groups is 2. The number of esters is 1. The third kappa shape index (κ3) is 3.28. The highest BCUT2D eigenvalue weighted by molar-refractivity contribution is 6.42. The number of carbonyl (C=O) groups excluding carboxylic acids is 1. The molecule has 0 heterocycles. The van der Waals surface area contributed by atoms with Crippen LogP contribution < -0.4 is 5.73 Å². The van der Waals surface area contributed by atoms with Gasteiger partial charge in [0.2, 0.25) is 5.67 Å². The van der Waals surface area contributed by atoms with E-state index in [1.165, 1.54) is 0 Å². The second kappa shape index (κ2) is 7.44. The van der Waals surface area contributed by atoms with E-state index in [1.54, 1.807) is 25.1 Å². The lowest BCUT2D eigenvalue weighted by molar-refractivity contribution is -0.165. The number of carboxylic acid groups (broad SMARTS) is 1. The number of ether oxygens (including phenoxy) is 2. The van der Waals surface area contributed by atoms with Crippen LogP contribution in [0.25, 0.3) is 0 Å². The van der Waals surface area contributed by atoms with Crippen LogP contribution in [0.3, 0.4) is 0 Å². The fourth-order valence-corrected chi connectivity index (χ4v) is 4.31. The van der Waals surface area contributed by atoms with Crippen molar-refractivity contribution in [3.05, 3.63) is 33.8 Å². The Kier molecular flexibility index (Phi) is 5.66. The highest BCUT2D eigenvalue weighted by atomic mass is 35.5. The van der Waals surface area contributed by atoms with Crippen LogP contribution in [-0.4, -0.2) is 40.5 Å². The zero-order valence-electron chi connectivity index (χ0n) is 15.5. The highest BCUT2D eigenvalue weighted by Gasteiger charge is 2.85. The Hall–Kier alpha value is -1.41. The van der Waals surface area contributed by atoms with Crippen LogP contribution >= 0.6 is 23.2 Å². The summed E-state index contributed by atoms with van der Waals surface area (Å²) in [5.41, 5.74) is 2.60. The Balaban J connectivity index is 1.81. The molecule has 2 fully saturated rings. The Labute approximate surface area is 172 Å². The van der Waals surface area contributed by atoms with Crippen molar-refractivity contribution in [1.29, 1.82) is 0 Å². The minimum absolute atomic E-state index is 0.0148. The topological polar surface area (TPSA) is 98.9 Å². The summed E-state index contributed by atoms with van der Waals surface area (Å²) in [6.07, 6.45) is -0.747. The van der Waals surface area contributed by atoms with E-state index in [2.05, 4.69) is 0 Å². The summed E-state index contributed by atoms with van der Waals surface area (Å²) in [7, 11) is 0. The summed E-state index contributed by atoms with van der Waals surface area (Å²) in [6, 6.07) is 4.93. The zero-order valence-corrected chi connectivity index (χ0v) is 17.0. The Morgan fingerprint density at radius 3 is 2.64 bits per heavy atom. The van der Waals surface area contributed by atoms with Gasteiger partial charge in [0.1, 0.15) is 5.54 Å². The Morgan fingerprint density at radius 1 is 1.39 bits per heavy atom. The first-order valence-electron chi connectivity index (χ1n) is 9.04. The predicted molar refractivity (Wildman–Crippen MR) is 101 cm³/mol. The van der Waals surface area contributed by atoms with E-state index >= 15 is 0 Å². The van der Waals surface area contributed by atoms with Gasteiger partial charge in [-0.3, -0.25) is 0 Å². The standard InChI is InChI=1S/C19H22Cl2FNO5/c1-3-9(2)28-17(26)19(23)14(7-11-15(19)18(11,22)16(24)25)27-8-10-4-5-12(20)13(21)6-10/h4-6,9,11,14-15H,3,7-8,23H2,1-2H3,(H,24,25)/t9?,11?,14-,15+,18-,19+/m1/s1. The molecule has 0 aromatic heterocycles. The van der Waals surface area contributed by atoms with Gasteiger partial charge in [0.15, 0.2) is 0 Å². The molecule has 0 bridgehead atoms. The van der Waals surface area contributed by atoms with Crippen LogP contribution in [0.1, 0.15) is 32.3 Å². The molecule has 3 rings (SSSR count). The maximum atomic E-state index is 14.9. The van der Waals surface area contributed by atoms with Crippen LogP contribution in [-0.2, 0) is 25.7 Å². The van der Waals surface area contributed by atoms with Gasteiger partial charge in [0.05, 0.1) is 28.9 Å². The smallest absolute Gasteiger partial charge is 0.342 e. The largest absolute Gasteiger partial charge is 0.479 e. The summed E-state index contributed by atoms with van der Waals surface area (Å²) >= 11 is 11.9. The molecule has 0 radical (unpaired) electrons. The molecule has 2 aliphatic carbocycles. The SMILES string of the molecule is CCC(C)OC(=O)[C@@]1(N)[C@H]2C(C[C@H]1OCc1ccc(Cl)c(Cl)c1)[C@]2(F)C(=O)O. The van der Waals surface area contributed by atoms with Crippen molar-refractivity contribution < 1.29 is 28.6 Å². The van der Waals surface area contributed by atoms with Crippen molar-refractivity contribution in [3.8, 4) is 0 Å². The summed E-state index contributed by atoms with van der Waals surface area (Å²) in [5, 5.41) is 10.00. The van der Waals surface area contributed by atoms with Crippen molar-refractivity contribution in [3.63, 3.8) is 0 Å². The van der Waals surface area contributed by atoms with Gasteiger partial charge in [-0.25, -0.2) is 14.0 Å². The van der Waals surface area contributed by atoms with Crippen LogP contribution in [0.5, 0.6) is 0 Å². The molecule has 154 valence electrons. The van der Waals surface area contributed by atoms with E-state index in [0.29, 0.717) is 22.0 Å². The average Bonchev–Trinajstić information content (AvgIpc) is 3.12. The first-order chi connectivity index (χ1) is 13.1. The molecule has 1 aromatic rings. The lowest BCUT2D eigenvalue weighted by Crippen LogP contribution is -2.61. The first kappa shape index (κ1) is 21.3. The van der Waals surface area contributed by atoms with Gasteiger partial charge >= 0.3 is 11.9 Å². The van der Waals surface area contributed by atoms with Crippen LogP contribution in [0, 0.1) is 11.8 Å². The van der Waals surface area contributed by atoms with Gasteiger partial charge in [-0.15, -0.1) is 0 Å². The molecule has 0 spiro atoms. The molecular formula is C19H22Cl2FNO5. The number of halogens is 3. The van der Waals surface area contributed by atoms with Crippen molar-refractivity contribution in [2.45, 2.75) is 56.7 Å². The fourth-order valence-electron chi connectivity index (χ4n) is 3.99. The van der Waals surface area contributed by atoms with Crippen LogP contribution in [0.4, 0.5) is 4.39 Å². The summed E-state index contributed by atoms with van der Waals surface area (Å²) in [4.78, 5) is 24.2. The molecule has 6 atom stereocenters. The maximum Gasteiger partial charge on any atom is 0.342 e. The summed E-state index contributed by atoms with van der Waals surface area (Å²) in [6.45, 7) is 3.57. The van der Waals surface area contributed by atoms with E-state index in [4.69, 9.17) is 38.4 Å². The van der Waals surface area contributed by atoms with Gasteiger partial charge in [-0.05, 0) is 37.5 Å². The van der Waals surface area contributed by atoms with Crippen LogP contribution in [0.2, 0.25) is 10.0 Å². The molecule has 0 amide bonds. The normalized spacial score (nSPS) is 34.6. The molecule has 3 N–H and O–H groups in total. The van der Waals surface area contributed by atoms with E-state index in [0.717, 1.165) is 0 Å². The number of hydrogen-bond donors (Lipinski definition) is 2. The van der Waals surface area contributed by atoms with Gasteiger partial charge in [-0.1, -0.05) is 36.2 Å². The quantitative estimate of drug-likeness (QED) is 0.639. The number of alkyl halides is 1. The molecule has 1 aromatic carbocycles. The monoisotopic (exact) mass is 433 g/mol. The van der Waals surface area contributed by atoms with Gasteiger partial charge in [0, 0.05) is 11.8 Å². The number of carboxylic acids is 1. The van der Waals surface area contributed by atoms with Gasteiger partial charge in [0.25, 0.3) is 0 Å². The van der Waals surface area contributed by atoms with E-state index in [1.807, 2.05) is 6.92 Å². The molecule has 6 nitrogen and oxygen atoms in total. The number of aliphatic carboxylic acids is 1. The number of rotatable bonds is 7. The second-order valence-corrected chi connectivity index (χ2v) is 8.31. The molecule has 2 saturated carbocycles. The maximum absolute atomic E-state index is 14.9. The van der Waals surface area contributed by atoms with Crippen molar-refractivity contribution >= 4 is 35.1 Å². The average molecular weight is 434 g/mol. The zero-order chi connectivity index (χ0) is 20.9. The summed E-state index contributed by atoms with van der Waals surface area (Å²) < 4.78 is 26.0. The third-order valence-corrected chi connectivity index (χ3v) is 6.54. The molecule has 28 heavy (non-hydrogen) atoms. The van der Waals surface area contributed by atoms with Crippen molar-refractivity contribution in [2.24, 2.45) is 17.6 Å². The minimum atomic E-state index is -2.54. The third-order valence-electron chi connectivity index (χ3n) is 5.80. The van der Waals surface area contributed by atoms with Crippen molar-refractivity contribution in [1.82, 2.24) is 0 Å². The second-order valence-electron chi connectivity index (χ2n) is 7.50. The van der Waals surface area contributed by atoms with Gasteiger partial charge in [-0.2, -0.15) is 0 Å². The van der Waals surface area contributed by atoms with E-state index in [9.17, 15) is 19.1 Å². The lowest BCUT2D eigenvalue weighted by Gasteiger charge is -2.34. The predicted octanol–water partition coefficient (Wildman–Crippen LogP) is 3.36. The van der Waals surface area contributed by atoms with E-state index < -0.39 is 47.2 Å². The number of benzene rings is 1. The summed E-state index contributed by atoms with van der Waals surface area (Å²) in [5.74, 6) is -4.53. The Morgan fingerprint density at radius 2 is 2.07 bits per heavy atom.